The van der Waals surface area contributed by atoms with Crippen LogP contribution in [0.25, 0.3) is 10.9 Å². The minimum absolute atomic E-state index is 0.147. The zero-order valence-corrected chi connectivity index (χ0v) is 15.2. The van der Waals surface area contributed by atoms with Gasteiger partial charge in [0.15, 0.2) is 0 Å². The number of aromatic amines is 1. The first-order valence-electron chi connectivity index (χ1n) is 9.08. The van der Waals surface area contributed by atoms with Gasteiger partial charge in [-0.1, -0.05) is 48.2 Å². The van der Waals surface area contributed by atoms with E-state index in [9.17, 15) is 4.79 Å². The van der Waals surface area contributed by atoms with E-state index in [0.29, 0.717) is 12.3 Å². The number of H-pyrrole nitrogens is 1. The molecule has 2 heterocycles. The summed E-state index contributed by atoms with van der Waals surface area (Å²) in [7, 11) is 0. The molecular formula is C22H20N2OS. The fraction of sp³-hybridized carbons (Fsp3) is 0.227. The lowest BCUT2D eigenvalue weighted by molar-refractivity contribution is -0.135. The predicted molar refractivity (Wildman–Crippen MR) is 106 cm³/mol. The van der Waals surface area contributed by atoms with Crippen molar-refractivity contribution in [2.45, 2.75) is 30.2 Å². The summed E-state index contributed by atoms with van der Waals surface area (Å²) in [6.45, 7) is 0. The summed E-state index contributed by atoms with van der Waals surface area (Å²) in [5.41, 5.74) is 3.81. The maximum Gasteiger partial charge on any atom is 0.227 e. The molecule has 1 aromatic heterocycles. The van der Waals surface area contributed by atoms with Crippen LogP contribution in [0.1, 0.15) is 30.1 Å². The van der Waals surface area contributed by atoms with E-state index in [1.165, 1.54) is 27.1 Å². The molecule has 1 saturated heterocycles. The van der Waals surface area contributed by atoms with Gasteiger partial charge in [0, 0.05) is 39.7 Å². The lowest BCUT2D eigenvalue weighted by atomic mass is 9.77. The van der Waals surface area contributed by atoms with Crippen molar-refractivity contribution in [3.05, 3.63) is 77.5 Å². The Hall–Kier alpha value is -2.46. The zero-order chi connectivity index (χ0) is 17.5. The molecule has 4 heteroatoms. The molecule has 26 heavy (non-hydrogen) atoms. The minimum Gasteiger partial charge on any atom is -0.358 e. The normalized spacial score (nSPS) is 22.2. The molecule has 0 spiro atoms. The number of amides is 1. The number of benzene rings is 2. The molecular weight excluding hydrogens is 340 g/mol. The number of fused-ring (bicyclic) bond motifs is 6. The molecule has 2 atom stereocenters. The highest BCUT2D eigenvalue weighted by molar-refractivity contribution is 8.02. The number of piperidine rings is 1. The molecule has 3 nitrogen and oxygen atoms in total. The highest BCUT2D eigenvalue weighted by Crippen LogP contribution is 2.46. The number of nitrogens with zero attached hydrogens (tertiary/aromatic N) is 1. The molecule has 1 aliphatic heterocycles. The summed E-state index contributed by atoms with van der Waals surface area (Å²) in [5.74, 6) is 0.701. The summed E-state index contributed by atoms with van der Waals surface area (Å²) in [5, 5.41) is 3.30. The molecule has 2 aromatic carbocycles. The van der Waals surface area contributed by atoms with Crippen LogP contribution >= 0.6 is 11.8 Å². The van der Waals surface area contributed by atoms with E-state index in [4.69, 9.17) is 0 Å². The Bertz CT molecular complexity index is 992. The van der Waals surface area contributed by atoms with Crippen LogP contribution in [0.15, 0.2) is 71.1 Å². The van der Waals surface area contributed by atoms with Gasteiger partial charge in [-0.05, 0) is 42.4 Å². The Labute approximate surface area is 157 Å². The summed E-state index contributed by atoms with van der Waals surface area (Å²) >= 11 is 1.65. The van der Waals surface area contributed by atoms with Crippen LogP contribution in [0, 0.1) is 5.92 Å². The number of carbonyl (C=O) groups excluding carboxylic acids is 1. The van der Waals surface area contributed by atoms with E-state index >= 15 is 0 Å². The van der Waals surface area contributed by atoms with E-state index in [1.54, 1.807) is 11.8 Å². The Kier molecular flexibility index (Phi) is 3.86. The Morgan fingerprint density at radius 3 is 2.73 bits per heavy atom. The van der Waals surface area contributed by atoms with Gasteiger partial charge in [0.2, 0.25) is 5.91 Å². The largest absolute Gasteiger partial charge is 0.358 e. The first-order valence-corrected chi connectivity index (χ1v) is 9.96. The van der Waals surface area contributed by atoms with Gasteiger partial charge in [0.25, 0.3) is 0 Å². The Balaban J connectivity index is 1.49. The quantitative estimate of drug-likeness (QED) is 0.646. The van der Waals surface area contributed by atoms with Crippen LogP contribution in [-0.2, 0) is 11.2 Å². The highest BCUT2D eigenvalue weighted by Gasteiger charge is 2.40. The average Bonchev–Trinajstić information content (AvgIpc) is 3.03. The molecule has 3 aromatic rings. The molecule has 1 aliphatic carbocycles. The minimum atomic E-state index is 0.147. The van der Waals surface area contributed by atoms with Gasteiger partial charge in [0.05, 0.1) is 6.04 Å². The second kappa shape index (κ2) is 6.36. The standard InChI is InChI=1S/C22H20N2OS/c25-21-14-15-12-19-22(17-8-4-5-9-18(17)23-19)20(13-15)24(21)10-11-26-16-6-2-1-3-7-16/h1-11,15,20,23H,12-14H2/b11-10+/t15-,20-/m0/s1. The second-order valence-electron chi connectivity index (χ2n) is 7.11. The number of carbonyl (C=O) groups is 1. The predicted octanol–water partition coefficient (Wildman–Crippen LogP) is 5.27. The molecule has 2 bridgehead atoms. The zero-order valence-electron chi connectivity index (χ0n) is 14.4. The number of thioether (sulfide) groups is 1. The third-order valence-corrected chi connectivity index (χ3v) is 6.27. The van der Waals surface area contributed by atoms with E-state index in [2.05, 4.69) is 41.4 Å². The van der Waals surface area contributed by atoms with E-state index in [1.807, 2.05) is 34.7 Å². The average molecular weight is 360 g/mol. The summed E-state index contributed by atoms with van der Waals surface area (Å²) in [4.78, 5) is 19.5. The topological polar surface area (TPSA) is 36.1 Å². The van der Waals surface area contributed by atoms with Gasteiger partial charge in [-0.2, -0.15) is 0 Å². The van der Waals surface area contributed by atoms with Crippen molar-refractivity contribution >= 4 is 28.6 Å². The van der Waals surface area contributed by atoms with Crippen molar-refractivity contribution in [1.82, 2.24) is 9.88 Å². The van der Waals surface area contributed by atoms with Crippen molar-refractivity contribution in [2.75, 3.05) is 0 Å². The lowest BCUT2D eigenvalue weighted by Gasteiger charge is -2.41. The Morgan fingerprint density at radius 2 is 1.85 bits per heavy atom. The monoisotopic (exact) mass is 360 g/mol. The van der Waals surface area contributed by atoms with Crippen LogP contribution in [-0.4, -0.2) is 15.8 Å². The number of nitrogens with one attached hydrogen (secondary N) is 1. The molecule has 0 radical (unpaired) electrons. The Morgan fingerprint density at radius 1 is 1.04 bits per heavy atom. The molecule has 1 fully saturated rings. The number of likely N-dealkylation sites (tertiary alicyclic amines) is 1. The maximum absolute atomic E-state index is 12.8. The molecule has 5 rings (SSSR count). The first kappa shape index (κ1) is 15.8. The molecule has 0 unspecified atom stereocenters. The number of hydrogen-bond acceptors (Lipinski definition) is 2. The van der Waals surface area contributed by atoms with Crippen LogP contribution in [0.4, 0.5) is 0 Å². The van der Waals surface area contributed by atoms with Crippen LogP contribution in [0.3, 0.4) is 0 Å². The van der Waals surface area contributed by atoms with Crippen molar-refractivity contribution in [3.8, 4) is 0 Å². The number of rotatable bonds is 3. The van der Waals surface area contributed by atoms with Gasteiger partial charge in [-0.25, -0.2) is 0 Å². The number of hydrogen-bond donors (Lipinski definition) is 1. The van der Waals surface area contributed by atoms with Crippen molar-refractivity contribution in [3.63, 3.8) is 0 Å². The van der Waals surface area contributed by atoms with Gasteiger partial charge in [-0.3, -0.25) is 4.79 Å². The van der Waals surface area contributed by atoms with Crippen LogP contribution in [0.5, 0.6) is 0 Å². The summed E-state index contributed by atoms with van der Waals surface area (Å²) in [6.07, 6.45) is 4.67. The summed E-state index contributed by atoms with van der Waals surface area (Å²) in [6, 6.07) is 18.8. The highest BCUT2D eigenvalue weighted by atomic mass is 32.2. The number of para-hydroxylation sites is 1. The van der Waals surface area contributed by atoms with Gasteiger partial charge in [0.1, 0.15) is 0 Å². The molecule has 130 valence electrons. The molecule has 1 N–H and O–H groups in total. The van der Waals surface area contributed by atoms with Crippen molar-refractivity contribution in [2.24, 2.45) is 5.92 Å². The van der Waals surface area contributed by atoms with Gasteiger partial charge < -0.3 is 9.88 Å². The van der Waals surface area contributed by atoms with E-state index in [0.717, 1.165) is 12.8 Å². The SMILES string of the molecule is O=C1C[C@H]2Cc3[nH]c4ccccc4c3[C@H](C2)N1/C=C/Sc1ccccc1. The number of aromatic nitrogens is 1. The lowest BCUT2D eigenvalue weighted by Crippen LogP contribution is -2.41. The third kappa shape index (κ3) is 2.65. The van der Waals surface area contributed by atoms with Gasteiger partial charge >= 0.3 is 0 Å². The maximum atomic E-state index is 12.8. The van der Waals surface area contributed by atoms with Crippen molar-refractivity contribution < 1.29 is 4.79 Å². The third-order valence-electron chi connectivity index (χ3n) is 5.47. The van der Waals surface area contributed by atoms with E-state index in [-0.39, 0.29) is 11.9 Å². The van der Waals surface area contributed by atoms with Crippen LogP contribution < -0.4 is 0 Å². The smallest absolute Gasteiger partial charge is 0.227 e. The van der Waals surface area contributed by atoms with E-state index < -0.39 is 0 Å². The second-order valence-corrected chi connectivity index (χ2v) is 8.08. The molecule has 1 amide bonds. The molecule has 0 saturated carbocycles. The first-order chi connectivity index (χ1) is 12.8. The molecule has 2 aliphatic rings. The van der Waals surface area contributed by atoms with Crippen LogP contribution in [0.2, 0.25) is 0 Å². The summed E-state index contributed by atoms with van der Waals surface area (Å²) < 4.78 is 0. The van der Waals surface area contributed by atoms with Gasteiger partial charge in [-0.15, -0.1) is 0 Å². The van der Waals surface area contributed by atoms with Crippen molar-refractivity contribution in [1.29, 1.82) is 0 Å². The fourth-order valence-corrected chi connectivity index (χ4v) is 5.03. The fourth-order valence-electron chi connectivity index (χ4n) is 4.36.